The van der Waals surface area contributed by atoms with Crippen LogP contribution in [-0.2, 0) is 6.54 Å². The molecular formula is C28H24NO2+. The lowest BCUT2D eigenvalue weighted by Crippen LogP contribution is -2.84. The summed E-state index contributed by atoms with van der Waals surface area (Å²) in [6, 6.07) is 33.1. The Morgan fingerprint density at radius 1 is 0.806 bits per heavy atom. The molecule has 0 bridgehead atoms. The third-order valence-electron chi connectivity index (χ3n) is 5.88. The molecule has 0 saturated carbocycles. The summed E-state index contributed by atoms with van der Waals surface area (Å²) in [6.45, 7) is 2.77. The maximum atomic E-state index is 12.3. The highest BCUT2D eigenvalue weighted by atomic mass is 16.4. The summed E-state index contributed by atoms with van der Waals surface area (Å²) in [5.41, 5.74) is 5.06. The van der Waals surface area contributed by atoms with Crippen molar-refractivity contribution >= 4 is 21.7 Å². The summed E-state index contributed by atoms with van der Waals surface area (Å²) in [5.74, 6) is 0. The lowest BCUT2D eigenvalue weighted by atomic mass is 9.97. The Balaban J connectivity index is 1.58. The van der Waals surface area contributed by atoms with Crippen molar-refractivity contribution in [2.24, 2.45) is 0 Å². The molecule has 0 fully saturated rings. The fourth-order valence-electron chi connectivity index (χ4n) is 4.32. The molecule has 2 N–H and O–H groups in total. The van der Waals surface area contributed by atoms with Crippen molar-refractivity contribution in [2.75, 3.05) is 0 Å². The van der Waals surface area contributed by atoms with E-state index in [1.807, 2.05) is 30.3 Å². The SMILES string of the molecule is Cc1ccc([C@@H]([NH2+]Cc2cc(=O)oc3ccc4ccccc4c23)c2ccccc2)cc1. The van der Waals surface area contributed by atoms with Crippen molar-refractivity contribution in [3.05, 3.63) is 130 Å². The minimum absolute atomic E-state index is 0.138. The first-order chi connectivity index (χ1) is 15.2. The van der Waals surface area contributed by atoms with Crippen LogP contribution in [0.5, 0.6) is 0 Å². The molecule has 152 valence electrons. The second-order valence-electron chi connectivity index (χ2n) is 7.99. The highest BCUT2D eigenvalue weighted by Crippen LogP contribution is 2.27. The molecule has 1 aromatic heterocycles. The number of aryl methyl sites for hydroxylation is 1. The summed E-state index contributed by atoms with van der Waals surface area (Å²) < 4.78 is 5.53. The molecule has 0 spiro atoms. The Kier molecular flexibility index (Phi) is 5.11. The first-order valence-corrected chi connectivity index (χ1v) is 10.6. The number of rotatable bonds is 5. The molecule has 1 atom stereocenters. The molecule has 3 heteroatoms. The van der Waals surface area contributed by atoms with Crippen molar-refractivity contribution in [3.8, 4) is 0 Å². The smallest absolute Gasteiger partial charge is 0.336 e. The third kappa shape index (κ3) is 3.88. The van der Waals surface area contributed by atoms with E-state index in [0.29, 0.717) is 12.1 Å². The van der Waals surface area contributed by atoms with Gasteiger partial charge in [0.2, 0.25) is 0 Å². The van der Waals surface area contributed by atoms with E-state index >= 15 is 0 Å². The highest BCUT2D eigenvalue weighted by molar-refractivity contribution is 6.06. The van der Waals surface area contributed by atoms with E-state index in [0.717, 1.165) is 21.7 Å². The summed E-state index contributed by atoms with van der Waals surface area (Å²) >= 11 is 0. The van der Waals surface area contributed by atoms with Gasteiger partial charge in [0.25, 0.3) is 0 Å². The molecule has 0 aliphatic rings. The molecule has 0 aliphatic heterocycles. The third-order valence-corrected chi connectivity index (χ3v) is 5.88. The molecule has 5 aromatic rings. The first-order valence-electron chi connectivity index (χ1n) is 10.6. The molecular weight excluding hydrogens is 382 g/mol. The quantitative estimate of drug-likeness (QED) is 0.326. The molecule has 0 aliphatic carbocycles. The van der Waals surface area contributed by atoms with Crippen LogP contribution in [-0.4, -0.2) is 0 Å². The van der Waals surface area contributed by atoms with Crippen molar-refractivity contribution in [1.82, 2.24) is 0 Å². The van der Waals surface area contributed by atoms with Gasteiger partial charge in [0, 0.05) is 28.1 Å². The molecule has 0 saturated heterocycles. The largest absolute Gasteiger partial charge is 0.423 e. The van der Waals surface area contributed by atoms with Crippen LogP contribution in [0.1, 0.15) is 28.3 Å². The topological polar surface area (TPSA) is 46.8 Å². The van der Waals surface area contributed by atoms with Crippen LogP contribution >= 0.6 is 0 Å². The molecule has 1 heterocycles. The average Bonchev–Trinajstić information content (AvgIpc) is 2.80. The van der Waals surface area contributed by atoms with Crippen molar-refractivity contribution in [1.29, 1.82) is 0 Å². The normalized spacial score (nSPS) is 12.3. The van der Waals surface area contributed by atoms with Crippen LogP contribution in [0.4, 0.5) is 0 Å². The second kappa shape index (κ2) is 8.21. The van der Waals surface area contributed by atoms with Crippen LogP contribution < -0.4 is 10.9 Å². The zero-order chi connectivity index (χ0) is 21.2. The standard InChI is InChI=1S/C28H23NO2/c1-19-11-13-22(14-12-19)28(21-8-3-2-4-9-21)29-18-23-17-26(30)31-25-16-15-20-7-5-6-10-24(20)27(23)25/h2-17,28-29H,18H2,1H3/p+1/t28-/m0/s1. The lowest BCUT2D eigenvalue weighted by Gasteiger charge is -2.18. The maximum Gasteiger partial charge on any atom is 0.336 e. The van der Waals surface area contributed by atoms with Gasteiger partial charge in [0.05, 0.1) is 0 Å². The molecule has 3 nitrogen and oxygen atoms in total. The van der Waals surface area contributed by atoms with Crippen LogP contribution in [0.15, 0.2) is 106 Å². The Morgan fingerprint density at radius 3 is 2.32 bits per heavy atom. The fraction of sp³-hybridized carbons (Fsp3) is 0.107. The number of benzene rings is 4. The van der Waals surface area contributed by atoms with Gasteiger partial charge in [0.1, 0.15) is 18.2 Å². The van der Waals surface area contributed by atoms with E-state index in [4.69, 9.17) is 4.42 Å². The van der Waals surface area contributed by atoms with Crippen LogP contribution in [0.25, 0.3) is 21.7 Å². The zero-order valence-electron chi connectivity index (χ0n) is 17.4. The monoisotopic (exact) mass is 406 g/mol. The number of hydrogen-bond acceptors (Lipinski definition) is 2. The molecule has 0 radical (unpaired) electrons. The van der Waals surface area contributed by atoms with Gasteiger partial charge in [-0.25, -0.2) is 4.79 Å². The minimum Gasteiger partial charge on any atom is -0.423 e. The van der Waals surface area contributed by atoms with Gasteiger partial charge in [0.15, 0.2) is 0 Å². The van der Waals surface area contributed by atoms with Gasteiger partial charge in [-0.05, 0) is 23.8 Å². The van der Waals surface area contributed by atoms with E-state index in [1.54, 1.807) is 6.07 Å². The number of quaternary nitrogens is 1. The predicted molar refractivity (Wildman–Crippen MR) is 125 cm³/mol. The van der Waals surface area contributed by atoms with Crippen LogP contribution in [0.3, 0.4) is 0 Å². The van der Waals surface area contributed by atoms with E-state index in [2.05, 4.69) is 72.9 Å². The van der Waals surface area contributed by atoms with Crippen molar-refractivity contribution < 1.29 is 9.73 Å². The zero-order valence-corrected chi connectivity index (χ0v) is 17.4. The predicted octanol–water partition coefficient (Wildman–Crippen LogP) is 5.11. The Labute approximate surface area is 181 Å². The Morgan fingerprint density at radius 2 is 1.52 bits per heavy atom. The summed E-state index contributed by atoms with van der Waals surface area (Å²) in [6.07, 6.45) is 0. The lowest BCUT2D eigenvalue weighted by molar-refractivity contribution is -0.702. The van der Waals surface area contributed by atoms with E-state index in [-0.39, 0.29) is 11.7 Å². The van der Waals surface area contributed by atoms with Crippen LogP contribution in [0.2, 0.25) is 0 Å². The molecule has 5 rings (SSSR count). The maximum absolute atomic E-state index is 12.3. The first kappa shape index (κ1) is 19.3. The average molecular weight is 407 g/mol. The van der Waals surface area contributed by atoms with Gasteiger partial charge in [-0.15, -0.1) is 0 Å². The summed E-state index contributed by atoms with van der Waals surface area (Å²) in [7, 11) is 0. The van der Waals surface area contributed by atoms with Gasteiger partial charge >= 0.3 is 5.63 Å². The van der Waals surface area contributed by atoms with Gasteiger partial charge in [-0.3, -0.25) is 0 Å². The Bertz CT molecular complexity index is 1400. The van der Waals surface area contributed by atoms with Crippen molar-refractivity contribution in [3.63, 3.8) is 0 Å². The number of nitrogens with two attached hydrogens (primary N) is 1. The van der Waals surface area contributed by atoms with Crippen LogP contribution in [0, 0.1) is 6.92 Å². The van der Waals surface area contributed by atoms with E-state index in [9.17, 15) is 4.79 Å². The summed E-state index contributed by atoms with van der Waals surface area (Å²) in [4.78, 5) is 12.3. The number of fused-ring (bicyclic) bond motifs is 3. The number of hydrogen-bond donors (Lipinski definition) is 1. The Hall–Kier alpha value is -3.69. The van der Waals surface area contributed by atoms with E-state index < -0.39 is 0 Å². The molecule has 0 amide bonds. The van der Waals surface area contributed by atoms with Gasteiger partial charge in [-0.1, -0.05) is 90.5 Å². The van der Waals surface area contributed by atoms with Gasteiger partial charge in [-0.2, -0.15) is 0 Å². The molecule has 31 heavy (non-hydrogen) atoms. The van der Waals surface area contributed by atoms with Crippen molar-refractivity contribution in [2.45, 2.75) is 19.5 Å². The highest BCUT2D eigenvalue weighted by Gasteiger charge is 2.19. The molecule has 0 unspecified atom stereocenters. The fourth-order valence-corrected chi connectivity index (χ4v) is 4.32. The van der Waals surface area contributed by atoms with Gasteiger partial charge < -0.3 is 9.73 Å². The van der Waals surface area contributed by atoms with E-state index in [1.165, 1.54) is 16.7 Å². The molecule has 4 aromatic carbocycles. The summed E-state index contributed by atoms with van der Waals surface area (Å²) in [5, 5.41) is 5.57. The second-order valence-corrected chi connectivity index (χ2v) is 7.99. The minimum atomic E-state index is -0.308.